The van der Waals surface area contributed by atoms with Crippen LogP contribution in [-0.4, -0.2) is 100 Å². The van der Waals surface area contributed by atoms with E-state index in [0.717, 1.165) is 0 Å². The number of carbonyl (C=O) groups excluding carboxylic acids is 5. The van der Waals surface area contributed by atoms with Crippen LogP contribution in [0.2, 0.25) is 0 Å². The maximum atomic E-state index is 13.3. The maximum absolute atomic E-state index is 13.3. The molecule has 0 unspecified atom stereocenters. The number of rotatable bonds is 22. The van der Waals surface area contributed by atoms with E-state index in [1.165, 1.54) is 11.8 Å². The lowest BCUT2D eigenvalue weighted by molar-refractivity contribution is -0.142. The summed E-state index contributed by atoms with van der Waals surface area (Å²) >= 11 is 1.41. The number of carboxylic acids is 2. The fourth-order valence-electron chi connectivity index (χ4n) is 3.74. The van der Waals surface area contributed by atoms with Crippen LogP contribution >= 0.6 is 11.8 Å². The second kappa shape index (κ2) is 20.4. The summed E-state index contributed by atoms with van der Waals surface area (Å²) in [6.45, 7) is 3.92. The largest absolute Gasteiger partial charge is 0.481 e. The minimum absolute atomic E-state index is 0.0983. The number of nitrogens with two attached hydrogens (primary N) is 3. The van der Waals surface area contributed by atoms with Crippen LogP contribution in [0.3, 0.4) is 0 Å². The van der Waals surface area contributed by atoms with Gasteiger partial charge in [-0.25, -0.2) is 4.79 Å². The van der Waals surface area contributed by atoms with Crippen LogP contribution in [0.1, 0.15) is 58.8 Å². The van der Waals surface area contributed by atoms with Gasteiger partial charge in [-0.15, -0.1) is 0 Å². The molecule has 0 rings (SSSR count). The van der Waals surface area contributed by atoms with Crippen LogP contribution in [0.5, 0.6) is 0 Å². The number of primary amides is 1. The topological polar surface area (TPSA) is 286 Å². The van der Waals surface area contributed by atoms with Gasteiger partial charge >= 0.3 is 11.9 Å². The minimum Gasteiger partial charge on any atom is -0.481 e. The number of thioether (sulfide) groups is 1. The highest BCUT2D eigenvalue weighted by Gasteiger charge is 2.32. The Bertz CT molecular complexity index is 951. The molecule has 0 aromatic heterocycles. The summed E-state index contributed by atoms with van der Waals surface area (Å²) in [5.74, 6) is -6.66. The minimum atomic E-state index is -1.56. The molecule has 240 valence electrons. The zero-order valence-electron chi connectivity index (χ0n) is 24.2. The molecule has 42 heavy (non-hydrogen) atoms. The molecule has 0 saturated carbocycles. The lowest BCUT2D eigenvalue weighted by Gasteiger charge is -2.27. The Morgan fingerprint density at radius 1 is 0.738 bits per heavy atom. The van der Waals surface area contributed by atoms with Crippen molar-refractivity contribution in [2.24, 2.45) is 23.1 Å². The molecule has 0 aliphatic carbocycles. The first-order valence-corrected chi connectivity index (χ1v) is 14.9. The summed E-state index contributed by atoms with van der Waals surface area (Å²) in [6, 6.07) is -6.60. The summed E-state index contributed by atoms with van der Waals surface area (Å²) in [4.78, 5) is 85.8. The Balaban J connectivity index is 5.81. The average Bonchev–Trinajstić information content (AvgIpc) is 2.88. The predicted octanol–water partition coefficient (Wildman–Crippen LogP) is -2.38. The number of hydrogen-bond donors (Lipinski definition) is 9. The molecular weight excluding hydrogens is 574 g/mol. The third kappa shape index (κ3) is 16.1. The average molecular weight is 620 g/mol. The predicted molar refractivity (Wildman–Crippen MR) is 155 cm³/mol. The van der Waals surface area contributed by atoms with Crippen molar-refractivity contribution in [2.45, 2.75) is 89.0 Å². The van der Waals surface area contributed by atoms with Crippen molar-refractivity contribution in [3.63, 3.8) is 0 Å². The highest BCUT2D eigenvalue weighted by atomic mass is 32.2. The molecule has 0 heterocycles. The van der Waals surface area contributed by atoms with Crippen LogP contribution < -0.4 is 38.5 Å². The van der Waals surface area contributed by atoms with Gasteiger partial charge in [-0.3, -0.25) is 28.8 Å². The van der Waals surface area contributed by atoms with E-state index in [1.54, 1.807) is 20.1 Å². The van der Waals surface area contributed by atoms with E-state index in [9.17, 15) is 38.7 Å². The smallest absolute Gasteiger partial charge is 0.326 e. The molecule has 5 amide bonds. The summed E-state index contributed by atoms with van der Waals surface area (Å²) in [7, 11) is 0. The van der Waals surface area contributed by atoms with Gasteiger partial charge in [0.15, 0.2) is 0 Å². The summed E-state index contributed by atoms with van der Waals surface area (Å²) in [5, 5.41) is 28.0. The van der Waals surface area contributed by atoms with E-state index >= 15 is 0 Å². The molecule has 0 saturated heterocycles. The van der Waals surface area contributed by atoms with Crippen LogP contribution in [0.25, 0.3) is 0 Å². The zero-order valence-corrected chi connectivity index (χ0v) is 25.0. The Kier molecular flexibility index (Phi) is 18.8. The van der Waals surface area contributed by atoms with E-state index in [1.807, 2.05) is 0 Å². The molecular formula is C25H45N7O9S. The zero-order chi connectivity index (χ0) is 32.4. The summed E-state index contributed by atoms with van der Waals surface area (Å²) in [5.41, 5.74) is 16.2. The maximum Gasteiger partial charge on any atom is 0.326 e. The van der Waals surface area contributed by atoms with Gasteiger partial charge in [-0.05, 0) is 56.6 Å². The first-order valence-electron chi connectivity index (χ1n) is 13.5. The van der Waals surface area contributed by atoms with Crippen molar-refractivity contribution in [3.05, 3.63) is 0 Å². The van der Waals surface area contributed by atoms with Gasteiger partial charge < -0.3 is 48.7 Å². The molecule has 0 aliphatic heterocycles. The van der Waals surface area contributed by atoms with E-state index in [2.05, 4.69) is 21.3 Å². The molecule has 5 atom stereocenters. The Labute approximate surface area is 249 Å². The molecule has 0 spiro atoms. The third-order valence-corrected chi connectivity index (χ3v) is 6.56. The number of hydrogen-bond acceptors (Lipinski definition) is 10. The van der Waals surface area contributed by atoms with Crippen molar-refractivity contribution >= 4 is 53.2 Å². The molecule has 16 nitrogen and oxygen atoms in total. The third-order valence-electron chi connectivity index (χ3n) is 5.91. The van der Waals surface area contributed by atoms with Crippen molar-refractivity contribution < 1.29 is 43.8 Å². The highest BCUT2D eigenvalue weighted by molar-refractivity contribution is 7.98. The van der Waals surface area contributed by atoms with Gasteiger partial charge in [0, 0.05) is 0 Å². The summed E-state index contributed by atoms with van der Waals surface area (Å²) in [6.07, 6.45) is 1.86. The number of nitrogens with one attached hydrogen (secondary N) is 4. The lowest BCUT2D eigenvalue weighted by Crippen LogP contribution is -2.59. The van der Waals surface area contributed by atoms with Crippen LogP contribution in [0.15, 0.2) is 0 Å². The van der Waals surface area contributed by atoms with E-state index in [-0.39, 0.29) is 25.2 Å². The summed E-state index contributed by atoms with van der Waals surface area (Å²) < 4.78 is 0. The standard InChI is InChI=1S/C25H45N7O9S/c1-13(2)10-17(32-24(39)18(12-19(28)33)31-21(36)14(27)11-20(34)35)23(38)29-15(7-9-42-3)22(37)30-16(25(40)41)6-4-5-8-26/h13-18H,4-12,26-27H2,1-3H3,(H2,28,33)(H,29,38)(H,30,37)(H,31,36)(H,32,39)(H,34,35)(H,40,41)/t14-,15-,16-,17-,18-/m0/s1. The van der Waals surface area contributed by atoms with Crippen LogP contribution in [0.4, 0.5) is 0 Å². The molecule has 0 aromatic carbocycles. The van der Waals surface area contributed by atoms with Gasteiger partial charge in [0.05, 0.1) is 18.9 Å². The Hall–Kier alpha value is -3.44. The molecule has 12 N–H and O–H groups in total. The molecule has 0 aliphatic rings. The number of amides is 5. The van der Waals surface area contributed by atoms with Gasteiger partial charge in [0.25, 0.3) is 0 Å². The van der Waals surface area contributed by atoms with Gasteiger partial charge in [0.1, 0.15) is 24.2 Å². The first-order chi connectivity index (χ1) is 19.6. The molecule has 0 radical (unpaired) electrons. The number of carbonyl (C=O) groups is 7. The van der Waals surface area contributed by atoms with Crippen LogP contribution in [0, 0.1) is 5.92 Å². The SMILES string of the molecule is CSCC[C@H](NC(=O)[C@H](CC(C)C)NC(=O)[C@H](CC(N)=O)NC(=O)[C@@H](N)CC(=O)O)C(=O)N[C@@H](CCCCN)C(=O)O. The number of unbranched alkanes of at least 4 members (excludes halogenated alkanes) is 1. The molecule has 17 heteroatoms. The van der Waals surface area contributed by atoms with E-state index in [0.29, 0.717) is 25.1 Å². The van der Waals surface area contributed by atoms with Gasteiger partial charge in [-0.2, -0.15) is 11.8 Å². The van der Waals surface area contributed by atoms with Crippen LogP contribution in [-0.2, 0) is 33.6 Å². The number of aliphatic carboxylic acids is 2. The van der Waals surface area contributed by atoms with E-state index < -0.39 is 84.5 Å². The first kappa shape index (κ1) is 38.6. The normalized spacial score (nSPS) is 14.5. The van der Waals surface area contributed by atoms with Crippen molar-refractivity contribution in [2.75, 3.05) is 18.6 Å². The van der Waals surface area contributed by atoms with Crippen molar-refractivity contribution in [1.29, 1.82) is 0 Å². The van der Waals surface area contributed by atoms with Crippen molar-refractivity contribution in [3.8, 4) is 0 Å². The second-order valence-electron chi connectivity index (χ2n) is 10.2. The molecule has 0 fully saturated rings. The fraction of sp³-hybridized carbons (Fsp3) is 0.720. The molecule has 0 bridgehead atoms. The number of carboxylic acid groups (broad SMARTS) is 2. The Morgan fingerprint density at radius 3 is 1.76 bits per heavy atom. The monoisotopic (exact) mass is 619 g/mol. The Morgan fingerprint density at radius 2 is 1.26 bits per heavy atom. The lowest BCUT2D eigenvalue weighted by atomic mass is 10.0. The fourth-order valence-corrected chi connectivity index (χ4v) is 4.22. The molecule has 0 aromatic rings. The second-order valence-corrected chi connectivity index (χ2v) is 11.1. The van der Waals surface area contributed by atoms with Gasteiger partial charge in [-0.1, -0.05) is 13.8 Å². The highest BCUT2D eigenvalue weighted by Crippen LogP contribution is 2.09. The quantitative estimate of drug-likeness (QED) is 0.0574. The van der Waals surface area contributed by atoms with Crippen molar-refractivity contribution in [1.82, 2.24) is 21.3 Å². The van der Waals surface area contributed by atoms with Gasteiger partial charge in [0.2, 0.25) is 29.5 Å². The van der Waals surface area contributed by atoms with E-state index in [4.69, 9.17) is 22.3 Å².